The van der Waals surface area contributed by atoms with Gasteiger partial charge in [0.25, 0.3) is 0 Å². The molecule has 0 bridgehead atoms. The van der Waals surface area contributed by atoms with Crippen molar-refractivity contribution in [3.8, 4) is 5.75 Å². The van der Waals surface area contributed by atoms with E-state index in [1.165, 1.54) is 35.0 Å². The molecule has 0 saturated carbocycles. The number of ether oxygens (including phenoxy) is 1. The van der Waals surface area contributed by atoms with E-state index in [0.29, 0.717) is 13.2 Å². The second-order valence-electron chi connectivity index (χ2n) is 4.99. The Balaban J connectivity index is 1.39. The van der Waals surface area contributed by atoms with E-state index in [-0.39, 0.29) is 12.5 Å². The molecule has 3 rings (SSSR count). The summed E-state index contributed by atoms with van der Waals surface area (Å²) in [5.74, 6) is 0.727. The number of carbonyl (C=O) groups excluding carboxylic acids is 1. The van der Waals surface area contributed by atoms with Crippen molar-refractivity contribution >= 4 is 5.91 Å². The summed E-state index contributed by atoms with van der Waals surface area (Å²) in [4.78, 5) is 11.6. The van der Waals surface area contributed by atoms with Gasteiger partial charge in [-0.15, -0.1) is 5.10 Å². The van der Waals surface area contributed by atoms with Gasteiger partial charge in [-0.1, -0.05) is 6.07 Å². The molecule has 0 radical (unpaired) electrons. The van der Waals surface area contributed by atoms with Gasteiger partial charge in [-0.25, -0.2) is 4.68 Å². The van der Waals surface area contributed by atoms with Crippen LogP contribution in [0.4, 0.5) is 0 Å². The third-order valence-electron chi connectivity index (χ3n) is 3.46. The first-order valence-electron chi connectivity index (χ1n) is 7.03. The number of rotatable bonds is 6. The lowest BCUT2D eigenvalue weighted by Crippen LogP contribution is -2.31. The number of amides is 1. The maximum absolute atomic E-state index is 11.6. The lowest BCUT2D eigenvalue weighted by atomic mass is 10.1. The number of aryl methyl sites for hydroxylation is 2. The average Bonchev–Trinajstić information content (AvgIpc) is 3.14. The highest BCUT2D eigenvalue weighted by molar-refractivity contribution is 5.75. The summed E-state index contributed by atoms with van der Waals surface area (Å²) in [7, 11) is 0. The Morgan fingerprint density at radius 1 is 1.33 bits per heavy atom. The molecule has 0 saturated heterocycles. The summed E-state index contributed by atoms with van der Waals surface area (Å²) in [6.45, 7) is 1.02. The van der Waals surface area contributed by atoms with Crippen molar-refractivity contribution in [2.24, 2.45) is 0 Å². The fraction of sp³-hybridized carbons (Fsp3) is 0.429. The number of aromatic nitrogens is 4. The summed E-state index contributed by atoms with van der Waals surface area (Å²) >= 11 is 0. The molecule has 1 aliphatic rings. The van der Waals surface area contributed by atoms with Crippen LogP contribution >= 0.6 is 0 Å². The minimum atomic E-state index is -0.139. The lowest BCUT2D eigenvalue weighted by molar-refractivity contribution is -0.121. The molecule has 21 heavy (non-hydrogen) atoms. The third-order valence-corrected chi connectivity index (χ3v) is 3.46. The van der Waals surface area contributed by atoms with Gasteiger partial charge in [-0.3, -0.25) is 4.79 Å². The molecular formula is C14H17N5O2. The van der Waals surface area contributed by atoms with E-state index < -0.39 is 0 Å². The predicted octanol–water partition coefficient (Wildman–Crippen LogP) is 0.357. The van der Waals surface area contributed by atoms with Gasteiger partial charge in [-0.2, -0.15) is 0 Å². The summed E-state index contributed by atoms with van der Waals surface area (Å²) < 4.78 is 7.03. The molecule has 7 heteroatoms. The molecule has 7 nitrogen and oxygen atoms in total. The van der Waals surface area contributed by atoms with Crippen LogP contribution in [0.15, 0.2) is 24.5 Å². The van der Waals surface area contributed by atoms with Crippen molar-refractivity contribution in [3.63, 3.8) is 0 Å². The van der Waals surface area contributed by atoms with Gasteiger partial charge < -0.3 is 10.1 Å². The zero-order chi connectivity index (χ0) is 14.5. The molecular weight excluding hydrogens is 270 g/mol. The largest absolute Gasteiger partial charge is 0.492 e. The van der Waals surface area contributed by atoms with Gasteiger partial charge in [0.1, 0.15) is 25.2 Å². The van der Waals surface area contributed by atoms with E-state index in [1.807, 2.05) is 6.07 Å². The maximum atomic E-state index is 11.6. The first-order chi connectivity index (χ1) is 10.3. The van der Waals surface area contributed by atoms with Crippen molar-refractivity contribution in [1.82, 2.24) is 25.5 Å². The molecule has 1 aliphatic carbocycles. The summed E-state index contributed by atoms with van der Waals surface area (Å²) in [5, 5.41) is 13.3. The minimum Gasteiger partial charge on any atom is -0.492 e. The zero-order valence-electron chi connectivity index (χ0n) is 11.7. The van der Waals surface area contributed by atoms with E-state index in [9.17, 15) is 4.79 Å². The first kappa shape index (κ1) is 13.5. The second kappa shape index (κ2) is 6.34. The van der Waals surface area contributed by atoms with Crippen LogP contribution in [0.2, 0.25) is 0 Å². The SMILES string of the molecule is O=C(Cn1cnnn1)NCCOc1ccc2c(c1)CCC2. The number of hydrogen-bond donors (Lipinski definition) is 1. The highest BCUT2D eigenvalue weighted by atomic mass is 16.5. The quantitative estimate of drug-likeness (QED) is 0.776. The molecule has 2 aromatic rings. The van der Waals surface area contributed by atoms with E-state index in [4.69, 9.17) is 4.74 Å². The van der Waals surface area contributed by atoms with E-state index in [1.54, 1.807) is 0 Å². The molecule has 0 unspecified atom stereocenters. The molecule has 1 aromatic carbocycles. The molecule has 0 aliphatic heterocycles. The van der Waals surface area contributed by atoms with E-state index in [0.717, 1.165) is 12.2 Å². The van der Waals surface area contributed by atoms with Crippen LogP contribution in [-0.2, 0) is 24.2 Å². The fourth-order valence-electron chi connectivity index (χ4n) is 2.45. The topological polar surface area (TPSA) is 81.9 Å². The Kier molecular flexibility index (Phi) is 4.09. The highest BCUT2D eigenvalue weighted by Crippen LogP contribution is 2.25. The lowest BCUT2D eigenvalue weighted by Gasteiger charge is -2.09. The van der Waals surface area contributed by atoms with Crippen molar-refractivity contribution in [1.29, 1.82) is 0 Å². The van der Waals surface area contributed by atoms with Gasteiger partial charge in [-0.05, 0) is 52.9 Å². The van der Waals surface area contributed by atoms with Crippen molar-refractivity contribution in [2.45, 2.75) is 25.8 Å². The molecule has 1 heterocycles. The molecule has 1 amide bonds. The van der Waals surface area contributed by atoms with Crippen molar-refractivity contribution < 1.29 is 9.53 Å². The Bertz CT molecular complexity index is 612. The van der Waals surface area contributed by atoms with Crippen LogP contribution in [0.1, 0.15) is 17.5 Å². The fourth-order valence-corrected chi connectivity index (χ4v) is 2.45. The zero-order valence-corrected chi connectivity index (χ0v) is 11.7. The monoisotopic (exact) mass is 287 g/mol. The summed E-state index contributed by atoms with van der Waals surface area (Å²) in [6.07, 6.45) is 4.94. The van der Waals surface area contributed by atoms with Crippen molar-refractivity contribution in [2.75, 3.05) is 13.2 Å². The van der Waals surface area contributed by atoms with Crippen molar-refractivity contribution in [3.05, 3.63) is 35.7 Å². The first-order valence-corrected chi connectivity index (χ1v) is 7.03. The average molecular weight is 287 g/mol. The predicted molar refractivity (Wildman–Crippen MR) is 74.8 cm³/mol. The van der Waals surface area contributed by atoms with Gasteiger partial charge in [0.2, 0.25) is 5.91 Å². The molecule has 1 N–H and O–H groups in total. The number of carbonyl (C=O) groups is 1. The molecule has 0 spiro atoms. The van der Waals surface area contributed by atoms with Crippen LogP contribution in [0.3, 0.4) is 0 Å². The van der Waals surface area contributed by atoms with Crippen LogP contribution in [0.5, 0.6) is 5.75 Å². The van der Waals surface area contributed by atoms with Crippen LogP contribution < -0.4 is 10.1 Å². The van der Waals surface area contributed by atoms with Gasteiger partial charge >= 0.3 is 0 Å². The highest BCUT2D eigenvalue weighted by Gasteiger charge is 2.11. The number of nitrogens with zero attached hydrogens (tertiary/aromatic N) is 4. The Labute approximate surface area is 122 Å². The molecule has 110 valence electrons. The second-order valence-corrected chi connectivity index (χ2v) is 4.99. The Morgan fingerprint density at radius 3 is 3.10 bits per heavy atom. The molecule has 0 fully saturated rings. The normalized spacial score (nSPS) is 13.0. The molecule has 0 atom stereocenters. The Hall–Kier alpha value is -2.44. The van der Waals surface area contributed by atoms with Gasteiger partial charge in [0.15, 0.2) is 0 Å². The number of nitrogens with one attached hydrogen (secondary N) is 1. The number of tetrazole rings is 1. The minimum absolute atomic E-state index is 0.117. The van der Waals surface area contributed by atoms with Crippen LogP contribution in [0.25, 0.3) is 0 Å². The third kappa shape index (κ3) is 3.56. The van der Waals surface area contributed by atoms with Gasteiger partial charge in [0.05, 0.1) is 6.54 Å². The smallest absolute Gasteiger partial charge is 0.241 e. The number of fused-ring (bicyclic) bond motifs is 1. The summed E-state index contributed by atoms with van der Waals surface area (Å²) in [6, 6.07) is 6.23. The van der Waals surface area contributed by atoms with Crippen LogP contribution in [-0.4, -0.2) is 39.3 Å². The Morgan fingerprint density at radius 2 is 2.24 bits per heavy atom. The molecule has 1 aromatic heterocycles. The standard InChI is InChI=1S/C14H17N5O2/c20-14(9-19-10-16-17-18-19)15-6-7-21-13-5-4-11-2-1-3-12(11)8-13/h4-5,8,10H,1-3,6-7,9H2,(H,15,20). The van der Waals surface area contributed by atoms with E-state index in [2.05, 4.69) is 33.0 Å². The van der Waals surface area contributed by atoms with E-state index >= 15 is 0 Å². The van der Waals surface area contributed by atoms with Crippen LogP contribution in [0, 0.1) is 0 Å². The number of hydrogen-bond acceptors (Lipinski definition) is 5. The maximum Gasteiger partial charge on any atom is 0.241 e. The number of benzene rings is 1. The summed E-state index contributed by atoms with van der Waals surface area (Å²) in [5.41, 5.74) is 2.81. The van der Waals surface area contributed by atoms with Gasteiger partial charge in [0, 0.05) is 0 Å².